The Morgan fingerprint density at radius 1 is 1.22 bits per heavy atom. The number of likely N-dealkylation sites (N-methyl/N-ethyl adjacent to an activating group) is 1. The highest BCUT2D eigenvalue weighted by atomic mass is 14.9. The molecule has 1 unspecified atom stereocenters. The molecular weight excluding hydrogens is 218 g/mol. The van der Waals surface area contributed by atoms with Gasteiger partial charge in [0.25, 0.3) is 0 Å². The van der Waals surface area contributed by atoms with E-state index >= 15 is 0 Å². The molecule has 0 spiro atoms. The standard InChI is InChI=1S/C17H27N/c1-6-18-17(8-7-13(2)3)12-16-10-14(4)9-15(5)11-16/h9-11,17-18H,2,6-8,12H2,1,3-5H3. The molecule has 1 N–H and O–H groups in total. The normalized spacial score (nSPS) is 12.4. The Balaban J connectivity index is 2.66. The van der Waals surface area contributed by atoms with Crippen LogP contribution in [0.2, 0.25) is 0 Å². The summed E-state index contributed by atoms with van der Waals surface area (Å²) in [6.45, 7) is 13.7. The van der Waals surface area contributed by atoms with Gasteiger partial charge in [0.2, 0.25) is 0 Å². The molecule has 0 aromatic heterocycles. The van der Waals surface area contributed by atoms with E-state index in [1.807, 2.05) is 0 Å². The highest BCUT2D eigenvalue weighted by Gasteiger charge is 2.09. The lowest BCUT2D eigenvalue weighted by molar-refractivity contribution is 0.490. The zero-order valence-electron chi connectivity index (χ0n) is 12.3. The minimum absolute atomic E-state index is 0.563. The predicted molar refractivity (Wildman–Crippen MR) is 81.1 cm³/mol. The van der Waals surface area contributed by atoms with Crippen LogP contribution in [0, 0.1) is 13.8 Å². The molecule has 100 valence electrons. The maximum Gasteiger partial charge on any atom is 0.0110 e. The Hall–Kier alpha value is -1.08. The van der Waals surface area contributed by atoms with Crippen molar-refractivity contribution < 1.29 is 0 Å². The number of hydrogen-bond acceptors (Lipinski definition) is 1. The van der Waals surface area contributed by atoms with Gasteiger partial charge in [-0.1, -0.05) is 41.8 Å². The Labute approximate surface area is 112 Å². The molecule has 1 nitrogen and oxygen atoms in total. The molecule has 0 radical (unpaired) electrons. The van der Waals surface area contributed by atoms with Gasteiger partial charge in [-0.15, -0.1) is 6.58 Å². The van der Waals surface area contributed by atoms with Crippen LogP contribution in [-0.2, 0) is 6.42 Å². The molecule has 1 rings (SSSR count). The first-order valence-electron chi connectivity index (χ1n) is 6.96. The maximum absolute atomic E-state index is 3.99. The van der Waals surface area contributed by atoms with Gasteiger partial charge in [-0.3, -0.25) is 0 Å². The zero-order valence-corrected chi connectivity index (χ0v) is 12.3. The van der Waals surface area contributed by atoms with Crippen LogP contribution in [0.15, 0.2) is 30.4 Å². The first kappa shape index (κ1) is 15.0. The fourth-order valence-corrected chi connectivity index (χ4v) is 2.46. The number of aryl methyl sites for hydroxylation is 2. The predicted octanol–water partition coefficient (Wildman–Crippen LogP) is 4.18. The fourth-order valence-electron chi connectivity index (χ4n) is 2.46. The van der Waals surface area contributed by atoms with Gasteiger partial charge in [0, 0.05) is 6.04 Å². The first-order valence-corrected chi connectivity index (χ1v) is 6.96. The molecule has 0 heterocycles. The van der Waals surface area contributed by atoms with Crippen LogP contribution in [-0.4, -0.2) is 12.6 Å². The van der Waals surface area contributed by atoms with Gasteiger partial charge < -0.3 is 5.32 Å². The molecule has 0 amide bonds. The number of benzene rings is 1. The summed E-state index contributed by atoms with van der Waals surface area (Å²) in [4.78, 5) is 0. The van der Waals surface area contributed by atoms with Crippen LogP contribution in [0.1, 0.15) is 43.4 Å². The van der Waals surface area contributed by atoms with Crippen LogP contribution in [0.4, 0.5) is 0 Å². The highest BCUT2D eigenvalue weighted by molar-refractivity contribution is 5.29. The smallest absolute Gasteiger partial charge is 0.0110 e. The lowest BCUT2D eigenvalue weighted by Crippen LogP contribution is -2.31. The van der Waals surface area contributed by atoms with Crippen molar-refractivity contribution in [2.45, 2.75) is 53.0 Å². The van der Waals surface area contributed by atoms with Crippen molar-refractivity contribution >= 4 is 0 Å². The molecule has 0 aliphatic heterocycles. The number of nitrogens with one attached hydrogen (secondary N) is 1. The molecule has 1 atom stereocenters. The second-order valence-corrected chi connectivity index (χ2v) is 5.45. The van der Waals surface area contributed by atoms with Gasteiger partial charge in [-0.2, -0.15) is 0 Å². The molecule has 1 aromatic rings. The Kier molecular flexibility index (Phi) is 6.14. The van der Waals surface area contributed by atoms with Crippen molar-refractivity contribution in [1.82, 2.24) is 5.32 Å². The van der Waals surface area contributed by atoms with Crippen molar-refractivity contribution in [1.29, 1.82) is 0 Å². The van der Waals surface area contributed by atoms with E-state index in [-0.39, 0.29) is 0 Å². The van der Waals surface area contributed by atoms with Gasteiger partial charge in [-0.25, -0.2) is 0 Å². The topological polar surface area (TPSA) is 12.0 Å². The minimum atomic E-state index is 0.563. The van der Waals surface area contributed by atoms with Crippen molar-refractivity contribution in [3.8, 4) is 0 Å². The Morgan fingerprint density at radius 2 is 1.83 bits per heavy atom. The largest absolute Gasteiger partial charge is 0.314 e. The number of hydrogen-bond donors (Lipinski definition) is 1. The molecular formula is C17H27N. The SMILES string of the molecule is C=C(C)CCC(Cc1cc(C)cc(C)c1)NCC. The zero-order chi connectivity index (χ0) is 13.5. The average molecular weight is 245 g/mol. The third kappa shape index (κ3) is 5.50. The van der Waals surface area contributed by atoms with E-state index < -0.39 is 0 Å². The van der Waals surface area contributed by atoms with Crippen molar-refractivity contribution in [2.24, 2.45) is 0 Å². The van der Waals surface area contributed by atoms with E-state index in [1.54, 1.807) is 0 Å². The van der Waals surface area contributed by atoms with E-state index in [1.165, 1.54) is 28.7 Å². The summed E-state index contributed by atoms with van der Waals surface area (Å²) < 4.78 is 0. The summed E-state index contributed by atoms with van der Waals surface area (Å²) in [5.41, 5.74) is 5.44. The summed E-state index contributed by atoms with van der Waals surface area (Å²) in [6, 6.07) is 7.41. The van der Waals surface area contributed by atoms with E-state index in [0.717, 1.165) is 19.4 Å². The lowest BCUT2D eigenvalue weighted by Gasteiger charge is -2.18. The van der Waals surface area contributed by atoms with Crippen LogP contribution in [0.5, 0.6) is 0 Å². The van der Waals surface area contributed by atoms with E-state index in [4.69, 9.17) is 0 Å². The summed E-state index contributed by atoms with van der Waals surface area (Å²) in [6.07, 6.45) is 3.41. The minimum Gasteiger partial charge on any atom is -0.314 e. The van der Waals surface area contributed by atoms with Crippen molar-refractivity contribution in [3.05, 3.63) is 47.0 Å². The molecule has 0 saturated carbocycles. The van der Waals surface area contributed by atoms with Gasteiger partial charge in [0.05, 0.1) is 0 Å². The molecule has 0 aliphatic rings. The quantitative estimate of drug-likeness (QED) is 0.711. The third-order valence-electron chi connectivity index (χ3n) is 3.18. The molecule has 0 bridgehead atoms. The van der Waals surface area contributed by atoms with Crippen LogP contribution < -0.4 is 5.32 Å². The summed E-state index contributed by atoms with van der Waals surface area (Å²) >= 11 is 0. The van der Waals surface area contributed by atoms with Crippen LogP contribution >= 0.6 is 0 Å². The van der Waals surface area contributed by atoms with Gasteiger partial charge in [0.1, 0.15) is 0 Å². The van der Waals surface area contributed by atoms with E-state index in [2.05, 4.69) is 57.8 Å². The molecule has 0 aliphatic carbocycles. The fraction of sp³-hybridized carbons (Fsp3) is 0.529. The number of allylic oxidation sites excluding steroid dienone is 1. The molecule has 18 heavy (non-hydrogen) atoms. The molecule has 1 aromatic carbocycles. The molecule has 0 saturated heterocycles. The molecule has 1 heteroatoms. The van der Waals surface area contributed by atoms with Gasteiger partial charge >= 0.3 is 0 Å². The summed E-state index contributed by atoms with van der Waals surface area (Å²) in [7, 11) is 0. The van der Waals surface area contributed by atoms with Crippen LogP contribution in [0.3, 0.4) is 0 Å². The average Bonchev–Trinajstić information content (AvgIpc) is 2.24. The van der Waals surface area contributed by atoms with Crippen molar-refractivity contribution in [3.63, 3.8) is 0 Å². The highest BCUT2D eigenvalue weighted by Crippen LogP contribution is 2.14. The van der Waals surface area contributed by atoms with Crippen molar-refractivity contribution in [2.75, 3.05) is 6.54 Å². The summed E-state index contributed by atoms with van der Waals surface area (Å²) in [5, 5.41) is 3.58. The van der Waals surface area contributed by atoms with Gasteiger partial charge in [-0.05, 0) is 52.1 Å². The Bertz CT molecular complexity index is 372. The lowest BCUT2D eigenvalue weighted by atomic mass is 9.97. The second kappa shape index (κ2) is 7.38. The third-order valence-corrected chi connectivity index (χ3v) is 3.18. The van der Waals surface area contributed by atoms with Gasteiger partial charge in [0.15, 0.2) is 0 Å². The Morgan fingerprint density at radius 3 is 2.33 bits per heavy atom. The van der Waals surface area contributed by atoms with E-state index in [0.29, 0.717) is 6.04 Å². The number of rotatable bonds is 7. The first-order chi connectivity index (χ1) is 8.51. The molecule has 0 fully saturated rings. The van der Waals surface area contributed by atoms with Crippen LogP contribution in [0.25, 0.3) is 0 Å². The maximum atomic E-state index is 3.99. The van der Waals surface area contributed by atoms with E-state index in [9.17, 15) is 0 Å². The summed E-state index contributed by atoms with van der Waals surface area (Å²) in [5.74, 6) is 0. The monoisotopic (exact) mass is 245 g/mol. The second-order valence-electron chi connectivity index (χ2n) is 5.45.